The maximum atomic E-state index is 12.5. The molecule has 6 nitrogen and oxygen atoms in total. The second kappa shape index (κ2) is 7.22. The minimum atomic E-state index is -4.34. The Hall–Kier alpha value is -2.42. The van der Waals surface area contributed by atoms with Crippen molar-refractivity contribution in [3.8, 4) is 0 Å². The summed E-state index contributed by atoms with van der Waals surface area (Å²) in [6.45, 7) is 1.52. The van der Waals surface area contributed by atoms with Gasteiger partial charge in [-0.25, -0.2) is 4.68 Å². The molecule has 1 aliphatic heterocycles. The summed E-state index contributed by atoms with van der Waals surface area (Å²) < 4.78 is 44.4. The molecule has 134 valence electrons. The molecule has 0 spiro atoms. The first-order chi connectivity index (χ1) is 11.9. The molecule has 1 aromatic heterocycles. The Morgan fingerprint density at radius 1 is 1.32 bits per heavy atom. The van der Waals surface area contributed by atoms with Gasteiger partial charge in [-0.3, -0.25) is 4.79 Å². The maximum Gasteiger partial charge on any atom is 0.416 e. The van der Waals surface area contributed by atoms with Gasteiger partial charge in [-0.05, 0) is 30.5 Å². The molecule has 1 aliphatic rings. The fraction of sp³-hybridized carbons (Fsp3) is 0.438. The predicted octanol–water partition coefficient (Wildman–Crippen LogP) is 2.23. The van der Waals surface area contributed by atoms with Gasteiger partial charge in [0, 0.05) is 13.2 Å². The molecule has 1 atom stereocenters. The fourth-order valence-electron chi connectivity index (χ4n) is 2.56. The Balaban J connectivity index is 1.49. The molecule has 3 rings (SSSR count). The van der Waals surface area contributed by atoms with Crippen LogP contribution in [0.4, 0.5) is 13.2 Å². The van der Waals surface area contributed by atoms with E-state index < -0.39 is 11.7 Å². The molecule has 1 fully saturated rings. The zero-order chi connectivity index (χ0) is 17.9. The van der Waals surface area contributed by atoms with Crippen LogP contribution in [0, 0.1) is 0 Å². The number of hydrogen-bond acceptors (Lipinski definition) is 4. The van der Waals surface area contributed by atoms with E-state index in [9.17, 15) is 18.0 Å². The Labute approximate surface area is 142 Å². The predicted molar refractivity (Wildman–Crippen MR) is 82.0 cm³/mol. The number of aromatic nitrogens is 3. The summed E-state index contributed by atoms with van der Waals surface area (Å²) in [5.41, 5.74) is 0.229. The molecule has 25 heavy (non-hydrogen) atoms. The first-order valence-electron chi connectivity index (χ1n) is 7.87. The molecule has 1 saturated heterocycles. The Bertz CT molecular complexity index is 722. The van der Waals surface area contributed by atoms with Crippen LogP contribution in [0.15, 0.2) is 30.5 Å². The quantitative estimate of drug-likeness (QED) is 0.894. The van der Waals surface area contributed by atoms with Crippen LogP contribution in [0.3, 0.4) is 0 Å². The van der Waals surface area contributed by atoms with Crippen LogP contribution in [-0.4, -0.2) is 40.7 Å². The van der Waals surface area contributed by atoms with Crippen LogP contribution in [0.2, 0.25) is 0 Å². The highest BCUT2D eigenvalue weighted by Crippen LogP contribution is 2.29. The van der Waals surface area contributed by atoms with Gasteiger partial charge in [0.05, 0.1) is 24.4 Å². The van der Waals surface area contributed by atoms with Gasteiger partial charge in [-0.15, -0.1) is 5.10 Å². The third-order valence-electron chi connectivity index (χ3n) is 4.00. The summed E-state index contributed by atoms with van der Waals surface area (Å²) >= 11 is 0. The van der Waals surface area contributed by atoms with Crippen LogP contribution < -0.4 is 5.32 Å². The maximum absolute atomic E-state index is 12.5. The van der Waals surface area contributed by atoms with Crippen LogP contribution in [0.25, 0.3) is 0 Å². The first kappa shape index (κ1) is 17.4. The number of hydrogen-bond donors (Lipinski definition) is 1. The lowest BCUT2D eigenvalue weighted by Crippen LogP contribution is -2.26. The molecule has 0 unspecified atom stereocenters. The van der Waals surface area contributed by atoms with Crippen molar-refractivity contribution < 1.29 is 22.7 Å². The molecule has 0 aliphatic carbocycles. The first-order valence-corrected chi connectivity index (χ1v) is 7.87. The molecule has 1 aromatic carbocycles. The molecular formula is C16H17F3N4O2. The highest BCUT2D eigenvalue weighted by Gasteiger charge is 2.29. The zero-order valence-corrected chi connectivity index (χ0v) is 13.3. The van der Waals surface area contributed by atoms with Gasteiger partial charge in [-0.1, -0.05) is 17.3 Å². The Morgan fingerprint density at radius 2 is 2.08 bits per heavy atom. The van der Waals surface area contributed by atoms with Crippen molar-refractivity contribution in [2.24, 2.45) is 0 Å². The number of carbonyl (C=O) groups is 1. The number of ether oxygens (including phenoxy) is 1. The second-order valence-electron chi connectivity index (χ2n) is 5.80. The zero-order valence-electron chi connectivity index (χ0n) is 13.3. The summed E-state index contributed by atoms with van der Waals surface area (Å²) in [7, 11) is 0. The number of nitrogens with zero attached hydrogens (tertiary/aromatic N) is 3. The topological polar surface area (TPSA) is 69.0 Å². The monoisotopic (exact) mass is 354 g/mol. The summed E-state index contributed by atoms with van der Waals surface area (Å²) in [6, 6.07) is 4.98. The SMILES string of the molecule is O=C(NCCc1ccc(C(F)(F)F)cc1)c1cn([C@@H]2CCOC2)nn1. The van der Waals surface area contributed by atoms with Crippen molar-refractivity contribution in [1.29, 1.82) is 0 Å². The van der Waals surface area contributed by atoms with E-state index >= 15 is 0 Å². The van der Waals surface area contributed by atoms with Crippen molar-refractivity contribution >= 4 is 5.91 Å². The second-order valence-corrected chi connectivity index (χ2v) is 5.80. The van der Waals surface area contributed by atoms with Crippen LogP contribution in [0.5, 0.6) is 0 Å². The minimum absolute atomic E-state index is 0.0983. The third kappa shape index (κ3) is 4.36. The molecular weight excluding hydrogens is 337 g/mol. The number of amides is 1. The van der Waals surface area contributed by atoms with Gasteiger partial charge < -0.3 is 10.1 Å². The third-order valence-corrected chi connectivity index (χ3v) is 4.00. The van der Waals surface area contributed by atoms with Crippen LogP contribution in [-0.2, 0) is 17.3 Å². The van der Waals surface area contributed by atoms with Gasteiger partial charge in [0.15, 0.2) is 5.69 Å². The van der Waals surface area contributed by atoms with Crippen molar-refractivity contribution in [2.75, 3.05) is 19.8 Å². The average Bonchev–Trinajstić information content (AvgIpc) is 3.25. The number of carbonyl (C=O) groups excluding carboxylic acids is 1. The molecule has 0 bridgehead atoms. The molecule has 1 N–H and O–H groups in total. The number of halogens is 3. The highest BCUT2D eigenvalue weighted by molar-refractivity contribution is 5.91. The summed E-state index contributed by atoms with van der Waals surface area (Å²) in [5, 5.41) is 10.5. The van der Waals surface area contributed by atoms with E-state index in [1.54, 1.807) is 10.9 Å². The molecule has 9 heteroatoms. The number of rotatable bonds is 5. The average molecular weight is 354 g/mol. The van der Waals surface area contributed by atoms with Gasteiger partial charge in [0.1, 0.15) is 0 Å². The van der Waals surface area contributed by atoms with Crippen LogP contribution in [0.1, 0.15) is 34.1 Å². The van der Waals surface area contributed by atoms with Crippen molar-refractivity contribution in [1.82, 2.24) is 20.3 Å². The van der Waals surface area contributed by atoms with E-state index in [1.807, 2.05) is 0 Å². The molecule has 2 aromatic rings. The lowest BCUT2D eigenvalue weighted by Gasteiger charge is -2.08. The van der Waals surface area contributed by atoms with E-state index in [-0.39, 0.29) is 17.6 Å². The standard InChI is InChI=1S/C16H17F3N4O2/c17-16(18,19)12-3-1-11(2-4-12)5-7-20-15(24)14-9-23(22-21-14)13-6-8-25-10-13/h1-4,9,13H,5-8,10H2,(H,20,24)/t13-/m1/s1. The van der Waals surface area contributed by atoms with Gasteiger partial charge in [0.25, 0.3) is 5.91 Å². The lowest BCUT2D eigenvalue weighted by molar-refractivity contribution is -0.137. The van der Waals surface area contributed by atoms with Crippen molar-refractivity contribution in [2.45, 2.75) is 25.1 Å². The Morgan fingerprint density at radius 3 is 2.72 bits per heavy atom. The van der Waals surface area contributed by atoms with E-state index in [0.29, 0.717) is 31.7 Å². The van der Waals surface area contributed by atoms with Crippen LogP contribution >= 0.6 is 0 Å². The van der Waals surface area contributed by atoms with Crippen molar-refractivity contribution in [3.05, 3.63) is 47.3 Å². The smallest absolute Gasteiger partial charge is 0.379 e. The molecule has 0 saturated carbocycles. The highest BCUT2D eigenvalue weighted by atomic mass is 19.4. The van der Waals surface area contributed by atoms with E-state index in [0.717, 1.165) is 18.6 Å². The molecule has 0 radical (unpaired) electrons. The fourth-order valence-corrected chi connectivity index (χ4v) is 2.56. The summed E-state index contributed by atoms with van der Waals surface area (Å²) in [5.74, 6) is -0.364. The number of nitrogens with one attached hydrogen (secondary N) is 1. The molecule has 2 heterocycles. The summed E-state index contributed by atoms with van der Waals surface area (Å²) in [6.07, 6.45) is -1.51. The number of alkyl halides is 3. The van der Waals surface area contributed by atoms with Gasteiger partial charge >= 0.3 is 6.18 Å². The number of benzene rings is 1. The van der Waals surface area contributed by atoms with Gasteiger partial charge in [-0.2, -0.15) is 13.2 Å². The molecule has 1 amide bonds. The van der Waals surface area contributed by atoms with E-state index in [4.69, 9.17) is 4.74 Å². The van der Waals surface area contributed by atoms with E-state index in [2.05, 4.69) is 15.6 Å². The summed E-state index contributed by atoms with van der Waals surface area (Å²) in [4.78, 5) is 12.0. The lowest BCUT2D eigenvalue weighted by atomic mass is 10.1. The minimum Gasteiger partial charge on any atom is -0.379 e. The largest absolute Gasteiger partial charge is 0.416 e. The Kier molecular flexibility index (Phi) is 5.03. The van der Waals surface area contributed by atoms with Gasteiger partial charge in [0.2, 0.25) is 0 Å². The van der Waals surface area contributed by atoms with E-state index in [1.165, 1.54) is 12.1 Å². The normalized spacial score (nSPS) is 17.6. The van der Waals surface area contributed by atoms with Crippen molar-refractivity contribution in [3.63, 3.8) is 0 Å².